The van der Waals surface area contributed by atoms with E-state index < -0.39 is 0 Å². The molecule has 0 aliphatic carbocycles. The molecule has 1 fully saturated rings. The Labute approximate surface area is 129 Å². The molecule has 1 saturated heterocycles. The fourth-order valence-corrected chi connectivity index (χ4v) is 2.72. The molecule has 1 unspecified atom stereocenters. The van der Waals surface area contributed by atoms with Crippen LogP contribution in [0.5, 0.6) is 0 Å². The first-order valence-electron chi connectivity index (χ1n) is 6.26. The summed E-state index contributed by atoms with van der Waals surface area (Å²) in [5, 5.41) is 4.03. The number of benzene rings is 1. The van der Waals surface area contributed by atoms with E-state index in [0.29, 0.717) is 24.7 Å². The second-order valence-electron chi connectivity index (χ2n) is 4.79. The maximum absolute atomic E-state index is 11.9. The molecular weight excluding hydrogens is 344 g/mol. The van der Waals surface area contributed by atoms with Crippen LogP contribution in [-0.4, -0.2) is 23.5 Å². The average Bonchev–Trinajstić information content (AvgIpc) is 3.06. The zero-order valence-corrected chi connectivity index (χ0v) is 12.9. The van der Waals surface area contributed by atoms with Crippen molar-refractivity contribution in [2.24, 2.45) is 5.92 Å². The van der Waals surface area contributed by atoms with Crippen LogP contribution in [0.1, 0.15) is 6.42 Å². The van der Waals surface area contributed by atoms with Crippen LogP contribution in [0.4, 0.5) is 5.88 Å². The number of rotatable bonds is 3. The second-order valence-corrected chi connectivity index (χ2v) is 6.01. The molecule has 2 heterocycles. The van der Waals surface area contributed by atoms with Gasteiger partial charge in [-0.25, -0.2) is 0 Å². The normalized spacial score (nSPS) is 18.8. The molecule has 0 spiro atoms. The zero-order chi connectivity index (χ0) is 14.1. The number of amides is 1. The molecule has 1 aliphatic rings. The van der Waals surface area contributed by atoms with Gasteiger partial charge >= 0.3 is 0 Å². The Balaban J connectivity index is 1.83. The van der Waals surface area contributed by atoms with Crippen molar-refractivity contribution in [1.29, 1.82) is 0 Å². The lowest BCUT2D eigenvalue weighted by atomic mass is 10.1. The molecule has 0 bridgehead atoms. The Bertz CT molecular complexity index is 626. The molecule has 1 aromatic carbocycles. The fourth-order valence-electron chi connectivity index (χ4n) is 2.25. The molecule has 1 aliphatic heterocycles. The van der Waals surface area contributed by atoms with Crippen LogP contribution in [-0.2, 0) is 4.79 Å². The van der Waals surface area contributed by atoms with Gasteiger partial charge in [0.2, 0.25) is 11.8 Å². The van der Waals surface area contributed by atoms with Crippen molar-refractivity contribution in [3.8, 4) is 11.3 Å². The lowest BCUT2D eigenvalue weighted by Gasteiger charge is -2.10. The van der Waals surface area contributed by atoms with E-state index in [1.165, 1.54) is 0 Å². The number of nitrogens with zero attached hydrogens (tertiary/aromatic N) is 2. The Morgan fingerprint density at radius 1 is 1.40 bits per heavy atom. The van der Waals surface area contributed by atoms with Crippen molar-refractivity contribution in [1.82, 2.24) is 5.16 Å². The van der Waals surface area contributed by atoms with Gasteiger partial charge in [0.05, 0.1) is 0 Å². The van der Waals surface area contributed by atoms with Crippen molar-refractivity contribution < 1.29 is 9.32 Å². The number of carbonyl (C=O) groups excluding carboxylic acids is 1. The van der Waals surface area contributed by atoms with E-state index in [4.69, 9.17) is 16.1 Å². The van der Waals surface area contributed by atoms with E-state index in [1.807, 2.05) is 24.3 Å². The SMILES string of the molecule is O=C1CC(CCl)CN1c1cc(-c2ccc(Br)cc2)no1. The van der Waals surface area contributed by atoms with Crippen molar-refractivity contribution >= 4 is 39.3 Å². The summed E-state index contributed by atoms with van der Waals surface area (Å²) in [4.78, 5) is 13.5. The smallest absolute Gasteiger partial charge is 0.234 e. The minimum atomic E-state index is 0.0363. The van der Waals surface area contributed by atoms with Crippen LogP contribution in [0.25, 0.3) is 11.3 Å². The summed E-state index contributed by atoms with van der Waals surface area (Å²) in [6, 6.07) is 9.55. The summed E-state index contributed by atoms with van der Waals surface area (Å²) in [6.07, 6.45) is 0.470. The number of halogens is 2. The molecule has 4 nitrogen and oxygen atoms in total. The molecule has 1 aromatic heterocycles. The third-order valence-corrected chi connectivity index (χ3v) is 4.29. The third kappa shape index (κ3) is 2.60. The minimum absolute atomic E-state index is 0.0363. The fraction of sp³-hybridized carbons (Fsp3) is 0.286. The van der Waals surface area contributed by atoms with Gasteiger partial charge in [0, 0.05) is 34.9 Å². The first kappa shape index (κ1) is 13.6. The summed E-state index contributed by atoms with van der Waals surface area (Å²) < 4.78 is 6.30. The van der Waals surface area contributed by atoms with E-state index >= 15 is 0 Å². The van der Waals surface area contributed by atoms with Gasteiger partial charge in [-0.2, -0.15) is 0 Å². The lowest BCUT2D eigenvalue weighted by Crippen LogP contribution is -2.24. The highest BCUT2D eigenvalue weighted by Gasteiger charge is 2.32. The number of hydrogen-bond donors (Lipinski definition) is 0. The second kappa shape index (κ2) is 5.58. The van der Waals surface area contributed by atoms with Gasteiger partial charge in [-0.15, -0.1) is 11.6 Å². The first-order valence-corrected chi connectivity index (χ1v) is 7.59. The van der Waals surface area contributed by atoms with E-state index in [0.717, 1.165) is 15.7 Å². The Kier molecular flexibility index (Phi) is 3.81. The molecule has 0 radical (unpaired) electrons. The number of anilines is 1. The molecular formula is C14H12BrClN2O2. The predicted octanol–water partition coefficient (Wildman–Crippen LogP) is 3.70. The monoisotopic (exact) mass is 354 g/mol. The van der Waals surface area contributed by atoms with Crippen molar-refractivity contribution in [3.63, 3.8) is 0 Å². The Hall–Kier alpha value is -1.33. The quantitative estimate of drug-likeness (QED) is 0.789. The topological polar surface area (TPSA) is 46.3 Å². The van der Waals surface area contributed by atoms with Gasteiger partial charge in [0.15, 0.2) is 0 Å². The largest absolute Gasteiger partial charge is 0.338 e. The van der Waals surface area contributed by atoms with Crippen molar-refractivity contribution in [2.45, 2.75) is 6.42 Å². The van der Waals surface area contributed by atoms with Gasteiger partial charge < -0.3 is 4.52 Å². The van der Waals surface area contributed by atoms with Crippen LogP contribution >= 0.6 is 27.5 Å². The summed E-state index contributed by atoms with van der Waals surface area (Å²) in [5.74, 6) is 1.19. The number of hydrogen-bond acceptors (Lipinski definition) is 3. The number of aromatic nitrogens is 1. The van der Waals surface area contributed by atoms with Crippen LogP contribution in [0.15, 0.2) is 39.3 Å². The van der Waals surface area contributed by atoms with Crippen molar-refractivity contribution in [2.75, 3.05) is 17.3 Å². The van der Waals surface area contributed by atoms with Gasteiger partial charge in [-0.05, 0) is 18.1 Å². The average molecular weight is 356 g/mol. The number of carbonyl (C=O) groups is 1. The predicted molar refractivity (Wildman–Crippen MR) is 80.8 cm³/mol. The van der Waals surface area contributed by atoms with Crippen LogP contribution < -0.4 is 4.90 Å². The summed E-state index contributed by atoms with van der Waals surface area (Å²) >= 11 is 9.20. The molecule has 0 N–H and O–H groups in total. The highest BCUT2D eigenvalue weighted by Crippen LogP contribution is 2.29. The third-order valence-electron chi connectivity index (χ3n) is 3.33. The minimum Gasteiger partial charge on any atom is -0.338 e. The molecule has 104 valence electrons. The lowest BCUT2D eigenvalue weighted by molar-refractivity contribution is -0.117. The van der Waals surface area contributed by atoms with E-state index in [-0.39, 0.29) is 11.8 Å². The molecule has 1 amide bonds. The molecule has 20 heavy (non-hydrogen) atoms. The molecule has 1 atom stereocenters. The highest BCUT2D eigenvalue weighted by molar-refractivity contribution is 9.10. The summed E-state index contributed by atoms with van der Waals surface area (Å²) in [5.41, 5.74) is 1.67. The van der Waals surface area contributed by atoms with Gasteiger partial charge in [0.1, 0.15) is 5.69 Å². The summed E-state index contributed by atoms with van der Waals surface area (Å²) in [6.45, 7) is 0.595. The van der Waals surface area contributed by atoms with E-state index in [2.05, 4.69) is 21.1 Å². The van der Waals surface area contributed by atoms with E-state index in [1.54, 1.807) is 11.0 Å². The standard InChI is InChI=1S/C14H12BrClN2O2/c15-11-3-1-10(2-4-11)12-6-14(20-17-12)18-8-9(7-16)5-13(18)19/h1-4,6,9H,5,7-8H2. The van der Waals surface area contributed by atoms with Crippen LogP contribution in [0.3, 0.4) is 0 Å². The molecule has 0 saturated carbocycles. The number of alkyl halides is 1. The van der Waals surface area contributed by atoms with Crippen LogP contribution in [0.2, 0.25) is 0 Å². The molecule has 2 aromatic rings. The Morgan fingerprint density at radius 2 is 2.15 bits per heavy atom. The van der Waals surface area contributed by atoms with Crippen LogP contribution in [0, 0.1) is 5.92 Å². The Morgan fingerprint density at radius 3 is 2.80 bits per heavy atom. The van der Waals surface area contributed by atoms with Gasteiger partial charge in [-0.1, -0.05) is 33.2 Å². The van der Waals surface area contributed by atoms with E-state index in [9.17, 15) is 4.79 Å². The maximum Gasteiger partial charge on any atom is 0.234 e. The summed E-state index contributed by atoms with van der Waals surface area (Å²) in [7, 11) is 0. The van der Waals surface area contributed by atoms with Gasteiger partial charge in [-0.3, -0.25) is 9.69 Å². The first-order chi connectivity index (χ1) is 9.67. The highest BCUT2D eigenvalue weighted by atomic mass is 79.9. The van der Waals surface area contributed by atoms with Crippen molar-refractivity contribution in [3.05, 3.63) is 34.8 Å². The zero-order valence-electron chi connectivity index (χ0n) is 10.6. The van der Waals surface area contributed by atoms with Gasteiger partial charge in [0.25, 0.3) is 0 Å². The molecule has 6 heteroatoms. The maximum atomic E-state index is 11.9. The molecule has 3 rings (SSSR count).